The molecule has 0 spiro atoms. The fourth-order valence-corrected chi connectivity index (χ4v) is 9.91. The van der Waals surface area contributed by atoms with Gasteiger partial charge in [0.25, 0.3) is 0 Å². The van der Waals surface area contributed by atoms with Gasteiger partial charge in [-0.2, -0.15) is 0 Å². The Morgan fingerprint density at radius 2 is 0.738 bits per heavy atom. The minimum absolute atomic E-state index is 0.229. The first-order valence-corrected chi connectivity index (χ1v) is 22.7. The topological polar surface area (TPSA) is 18.1 Å². The molecule has 0 radical (unpaired) electrons. The quantitative estimate of drug-likeness (QED) is 0.134. The highest BCUT2D eigenvalue weighted by atomic mass is 16.3. The number of nitrogens with zero attached hydrogens (tertiary/aromatic N) is 1. The molecule has 1 unspecified atom stereocenters. The van der Waals surface area contributed by atoms with Crippen molar-refractivity contribution in [1.29, 1.82) is 0 Å². The maximum Gasteiger partial charge on any atom is 0.135 e. The molecule has 2 heterocycles. The van der Waals surface area contributed by atoms with Crippen LogP contribution in [0, 0.1) is 0 Å². The Labute approximate surface area is 379 Å². The van der Waals surface area contributed by atoms with Gasteiger partial charge in [-0.3, -0.25) is 0 Å². The second-order valence-electron chi connectivity index (χ2n) is 17.2. The van der Waals surface area contributed by atoms with Crippen LogP contribution in [0.1, 0.15) is 29.0 Å². The fourth-order valence-electron chi connectivity index (χ4n) is 9.91. The SMILES string of the molecule is c1ccc(-c2ccc(-c3ccc(C(CCc4ccc(-c5ccc(-n6c7ccccc7c7ccccc76)cc5)cc4)c4ccc(-c5ccc6oc7ccccc7c6c5)cc4)cc3)cc2)cc1. The van der Waals surface area contributed by atoms with Crippen LogP contribution in [-0.2, 0) is 6.42 Å². The lowest BCUT2D eigenvalue weighted by Gasteiger charge is -2.20. The number of hydrogen-bond acceptors (Lipinski definition) is 1. The van der Waals surface area contributed by atoms with Crippen LogP contribution < -0.4 is 0 Å². The van der Waals surface area contributed by atoms with E-state index in [4.69, 9.17) is 4.42 Å². The Kier molecular flexibility index (Phi) is 9.76. The van der Waals surface area contributed by atoms with Crippen molar-refractivity contribution in [3.63, 3.8) is 0 Å². The molecule has 0 bridgehead atoms. The summed E-state index contributed by atoms with van der Waals surface area (Å²) in [6.07, 6.45) is 1.95. The third kappa shape index (κ3) is 7.29. The molecule has 10 aromatic carbocycles. The Bertz CT molecular complexity index is 3540. The van der Waals surface area contributed by atoms with E-state index < -0.39 is 0 Å². The number of benzene rings is 10. The van der Waals surface area contributed by atoms with E-state index in [1.165, 1.54) is 88.7 Å². The van der Waals surface area contributed by atoms with Crippen molar-refractivity contribution in [2.45, 2.75) is 18.8 Å². The summed E-state index contributed by atoms with van der Waals surface area (Å²) < 4.78 is 8.51. The number of fused-ring (bicyclic) bond motifs is 6. The highest BCUT2D eigenvalue weighted by Crippen LogP contribution is 2.37. The van der Waals surface area contributed by atoms with Gasteiger partial charge >= 0.3 is 0 Å². The zero-order chi connectivity index (χ0) is 43.1. The monoisotopic (exact) mass is 831 g/mol. The molecule has 0 N–H and O–H groups in total. The molecule has 0 saturated carbocycles. The molecular weight excluding hydrogens is 787 g/mol. The molecule has 0 aliphatic carbocycles. The Morgan fingerprint density at radius 1 is 0.323 bits per heavy atom. The van der Waals surface area contributed by atoms with Gasteiger partial charge in [0.05, 0.1) is 11.0 Å². The van der Waals surface area contributed by atoms with Gasteiger partial charge in [-0.25, -0.2) is 0 Å². The van der Waals surface area contributed by atoms with E-state index in [1.54, 1.807) is 0 Å². The van der Waals surface area contributed by atoms with E-state index in [1.807, 2.05) is 12.1 Å². The van der Waals surface area contributed by atoms with Gasteiger partial charge in [-0.1, -0.05) is 200 Å². The molecule has 308 valence electrons. The third-order valence-corrected chi connectivity index (χ3v) is 13.4. The molecule has 12 rings (SSSR count). The number of para-hydroxylation sites is 3. The number of aromatic nitrogens is 1. The zero-order valence-corrected chi connectivity index (χ0v) is 35.9. The first-order chi connectivity index (χ1) is 32.2. The lowest BCUT2D eigenvalue weighted by atomic mass is 9.85. The van der Waals surface area contributed by atoms with Gasteiger partial charge in [0.2, 0.25) is 0 Å². The van der Waals surface area contributed by atoms with Crippen molar-refractivity contribution in [2.75, 3.05) is 0 Å². The van der Waals surface area contributed by atoms with Crippen molar-refractivity contribution in [3.8, 4) is 50.2 Å². The number of hydrogen-bond donors (Lipinski definition) is 0. The second kappa shape index (κ2) is 16.5. The normalized spacial score (nSPS) is 12.1. The lowest BCUT2D eigenvalue weighted by molar-refractivity contribution is 0.669. The van der Waals surface area contributed by atoms with E-state index in [0.717, 1.165) is 34.8 Å². The minimum atomic E-state index is 0.229. The van der Waals surface area contributed by atoms with Crippen molar-refractivity contribution < 1.29 is 4.42 Å². The van der Waals surface area contributed by atoms with Gasteiger partial charge in [-0.05, 0) is 117 Å². The minimum Gasteiger partial charge on any atom is -0.456 e. The molecule has 0 aliphatic rings. The lowest BCUT2D eigenvalue weighted by Crippen LogP contribution is -2.03. The summed E-state index contributed by atoms with van der Waals surface area (Å²) in [6.45, 7) is 0. The highest BCUT2D eigenvalue weighted by molar-refractivity contribution is 6.09. The van der Waals surface area contributed by atoms with Gasteiger partial charge in [-0.15, -0.1) is 0 Å². The van der Waals surface area contributed by atoms with Crippen LogP contribution in [0.2, 0.25) is 0 Å². The predicted octanol–water partition coefficient (Wildman–Crippen LogP) is 17.1. The maximum atomic E-state index is 6.13. The van der Waals surface area contributed by atoms with Crippen LogP contribution in [-0.4, -0.2) is 4.57 Å². The van der Waals surface area contributed by atoms with E-state index in [0.29, 0.717) is 0 Å². The van der Waals surface area contributed by atoms with Gasteiger partial charge in [0.1, 0.15) is 11.2 Å². The summed E-state index contributed by atoms with van der Waals surface area (Å²) in [6, 6.07) is 88.4. The van der Waals surface area contributed by atoms with Gasteiger partial charge < -0.3 is 8.98 Å². The molecule has 2 aromatic heterocycles. The Morgan fingerprint density at radius 3 is 1.32 bits per heavy atom. The molecule has 0 saturated heterocycles. The average Bonchev–Trinajstić information content (AvgIpc) is 3.93. The second-order valence-corrected chi connectivity index (χ2v) is 17.2. The van der Waals surface area contributed by atoms with Crippen molar-refractivity contribution in [3.05, 3.63) is 259 Å². The summed E-state index contributed by atoms with van der Waals surface area (Å²) in [5.41, 5.74) is 19.2. The van der Waals surface area contributed by atoms with E-state index >= 15 is 0 Å². The third-order valence-electron chi connectivity index (χ3n) is 13.4. The molecular formula is C63H45NO. The summed E-state index contributed by atoms with van der Waals surface area (Å²) >= 11 is 0. The highest BCUT2D eigenvalue weighted by Gasteiger charge is 2.17. The van der Waals surface area contributed by atoms with E-state index in [9.17, 15) is 0 Å². The van der Waals surface area contributed by atoms with E-state index in [2.05, 4.69) is 235 Å². The van der Waals surface area contributed by atoms with Crippen LogP contribution in [0.4, 0.5) is 0 Å². The van der Waals surface area contributed by atoms with Crippen LogP contribution in [0.3, 0.4) is 0 Å². The molecule has 1 atom stereocenters. The largest absolute Gasteiger partial charge is 0.456 e. The van der Waals surface area contributed by atoms with Crippen LogP contribution in [0.5, 0.6) is 0 Å². The smallest absolute Gasteiger partial charge is 0.135 e. The van der Waals surface area contributed by atoms with Crippen LogP contribution >= 0.6 is 0 Å². The molecule has 0 aliphatic heterocycles. The average molecular weight is 832 g/mol. The van der Waals surface area contributed by atoms with Gasteiger partial charge in [0, 0.05) is 33.2 Å². The number of aryl methyl sites for hydroxylation is 1. The standard InChI is InChI=1S/C63H45NO/c1-2-10-44(11-3-1)46-23-25-47(26-24-46)48-27-31-51(32-28-48)55(52-33-29-50(30-34-52)53-37-41-63-59(42-53)58-14-6-9-17-62(58)65-63)40-20-43-18-21-45(22-19-43)49-35-38-54(39-36-49)64-60-15-7-4-12-56(60)57-13-5-8-16-61(57)64/h1-19,21-39,41-42,55H,20,40H2. The summed E-state index contributed by atoms with van der Waals surface area (Å²) in [5.74, 6) is 0.229. The Balaban J connectivity index is 0.811. The van der Waals surface area contributed by atoms with Gasteiger partial charge in [0.15, 0.2) is 0 Å². The number of rotatable bonds is 10. The van der Waals surface area contributed by atoms with Crippen molar-refractivity contribution >= 4 is 43.7 Å². The van der Waals surface area contributed by atoms with Crippen LogP contribution in [0.25, 0.3) is 93.9 Å². The summed E-state index contributed by atoms with van der Waals surface area (Å²) in [7, 11) is 0. The first-order valence-electron chi connectivity index (χ1n) is 22.7. The number of furan rings is 1. The van der Waals surface area contributed by atoms with Crippen molar-refractivity contribution in [1.82, 2.24) is 4.57 Å². The predicted molar refractivity (Wildman–Crippen MR) is 273 cm³/mol. The Hall–Kier alpha value is -8.20. The summed E-state index contributed by atoms with van der Waals surface area (Å²) in [4.78, 5) is 0. The molecule has 0 amide bonds. The van der Waals surface area contributed by atoms with Crippen LogP contribution in [0.15, 0.2) is 247 Å². The molecule has 0 fully saturated rings. The first kappa shape index (κ1) is 38.5. The zero-order valence-electron chi connectivity index (χ0n) is 35.9. The molecule has 2 nitrogen and oxygen atoms in total. The van der Waals surface area contributed by atoms with Crippen molar-refractivity contribution in [2.24, 2.45) is 0 Å². The fraction of sp³-hybridized carbons (Fsp3) is 0.0476. The van der Waals surface area contributed by atoms with E-state index in [-0.39, 0.29) is 5.92 Å². The molecule has 65 heavy (non-hydrogen) atoms. The summed E-state index contributed by atoms with van der Waals surface area (Å²) in [5, 5.41) is 4.86. The molecule has 12 aromatic rings. The maximum absolute atomic E-state index is 6.13. The molecule has 2 heteroatoms.